The first kappa shape index (κ1) is 15.7. The molecule has 0 fully saturated rings. The molecule has 0 aliphatic carbocycles. The van der Waals surface area contributed by atoms with Crippen LogP contribution in [-0.4, -0.2) is 24.9 Å². The molecule has 0 aliphatic rings. The zero-order chi connectivity index (χ0) is 14.9. The molecule has 0 aliphatic heterocycles. The van der Waals surface area contributed by atoms with Crippen LogP contribution in [0.1, 0.15) is 16.4 Å². The van der Waals surface area contributed by atoms with E-state index in [2.05, 4.69) is 15.9 Å². The maximum Gasteiger partial charge on any atom is 0.246 e. The lowest BCUT2D eigenvalue weighted by Gasteiger charge is -2.15. The predicted octanol–water partition coefficient (Wildman–Crippen LogP) is 2.73. The monoisotopic (exact) mass is 379 g/mol. The minimum absolute atomic E-state index is 0.0969. The van der Waals surface area contributed by atoms with Gasteiger partial charge in [-0.3, -0.25) is 0 Å². The molecule has 0 aromatic carbocycles. The predicted molar refractivity (Wildman–Crippen MR) is 80.0 cm³/mol. The minimum atomic E-state index is -3.63. The summed E-state index contributed by atoms with van der Waals surface area (Å²) in [7, 11) is -2.11. The third-order valence-corrected chi connectivity index (χ3v) is 6.36. The molecule has 1 N–H and O–H groups in total. The second-order valence-corrected chi connectivity index (χ2v) is 8.21. The number of hydrogen-bond donors (Lipinski definition) is 1. The molecule has 20 heavy (non-hydrogen) atoms. The van der Waals surface area contributed by atoms with Crippen molar-refractivity contribution in [2.75, 3.05) is 7.05 Å². The van der Waals surface area contributed by atoms with E-state index in [1.54, 1.807) is 6.92 Å². The Balaban J connectivity index is 2.26. The average molecular weight is 380 g/mol. The fourth-order valence-corrected chi connectivity index (χ4v) is 4.68. The smallest absolute Gasteiger partial charge is 0.246 e. The average Bonchev–Trinajstić information content (AvgIpc) is 2.95. The van der Waals surface area contributed by atoms with E-state index in [1.807, 2.05) is 11.4 Å². The molecule has 110 valence electrons. The number of nitrogens with zero attached hydrogens (tertiary/aromatic N) is 1. The van der Waals surface area contributed by atoms with Gasteiger partial charge < -0.3 is 9.52 Å². The van der Waals surface area contributed by atoms with Crippen LogP contribution in [0.15, 0.2) is 31.3 Å². The molecular formula is C12H14BrNO4S2. The third kappa shape index (κ3) is 3.15. The molecular weight excluding hydrogens is 366 g/mol. The van der Waals surface area contributed by atoms with Crippen molar-refractivity contribution >= 4 is 37.3 Å². The quantitative estimate of drug-likeness (QED) is 0.866. The summed E-state index contributed by atoms with van der Waals surface area (Å²) in [5.74, 6) is 0.529. The molecule has 0 unspecified atom stereocenters. The summed E-state index contributed by atoms with van der Waals surface area (Å²) in [6, 6.07) is 3.25. The van der Waals surface area contributed by atoms with Gasteiger partial charge in [0.1, 0.15) is 23.0 Å². The maximum atomic E-state index is 12.5. The molecule has 2 rings (SSSR count). The van der Waals surface area contributed by atoms with Crippen molar-refractivity contribution in [3.8, 4) is 0 Å². The van der Waals surface area contributed by atoms with Crippen LogP contribution < -0.4 is 0 Å². The van der Waals surface area contributed by atoms with E-state index in [4.69, 9.17) is 9.52 Å². The van der Waals surface area contributed by atoms with Crippen LogP contribution in [-0.2, 0) is 23.2 Å². The number of aryl methyl sites for hydroxylation is 1. The highest BCUT2D eigenvalue weighted by atomic mass is 79.9. The van der Waals surface area contributed by atoms with Gasteiger partial charge in [-0.1, -0.05) is 0 Å². The molecule has 0 bridgehead atoms. The molecule has 2 aromatic rings. The minimum Gasteiger partial charge on any atom is -0.462 e. The Labute approximate surface area is 130 Å². The van der Waals surface area contributed by atoms with Crippen LogP contribution in [0.25, 0.3) is 0 Å². The lowest BCUT2D eigenvalue weighted by Crippen LogP contribution is -2.26. The number of aliphatic hydroxyl groups excluding tert-OH is 1. The topological polar surface area (TPSA) is 70.8 Å². The van der Waals surface area contributed by atoms with Gasteiger partial charge in [0.15, 0.2) is 0 Å². The Morgan fingerprint density at radius 2 is 2.15 bits per heavy atom. The second kappa shape index (κ2) is 5.98. The Morgan fingerprint density at radius 3 is 2.65 bits per heavy atom. The second-order valence-electron chi connectivity index (χ2n) is 4.28. The van der Waals surface area contributed by atoms with Gasteiger partial charge in [0, 0.05) is 34.4 Å². The van der Waals surface area contributed by atoms with Crippen LogP contribution >= 0.6 is 27.3 Å². The number of halogens is 1. The van der Waals surface area contributed by atoms with Crippen molar-refractivity contribution in [2.45, 2.75) is 25.0 Å². The van der Waals surface area contributed by atoms with E-state index < -0.39 is 10.0 Å². The standard InChI is InChI=1S/C12H14BrNO4S2/c1-8-12(4-10(6-15)18-8)20(16,17)14(2)5-11-3-9(13)7-19-11/h3-4,7,15H,5-6H2,1-2H3. The van der Waals surface area contributed by atoms with Gasteiger partial charge in [0.2, 0.25) is 10.0 Å². The van der Waals surface area contributed by atoms with Crippen LogP contribution in [0.3, 0.4) is 0 Å². The molecule has 8 heteroatoms. The van der Waals surface area contributed by atoms with Crippen molar-refractivity contribution in [3.05, 3.63) is 38.4 Å². The maximum absolute atomic E-state index is 12.5. The normalized spacial score (nSPS) is 12.2. The molecule has 0 saturated carbocycles. The Kier molecular flexibility index (Phi) is 4.70. The number of sulfonamides is 1. The number of rotatable bonds is 5. The van der Waals surface area contributed by atoms with Gasteiger partial charge in [-0.25, -0.2) is 8.42 Å². The van der Waals surface area contributed by atoms with E-state index >= 15 is 0 Å². The van der Waals surface area contributed by atoms with Crippen molar-refractivity contribution in [1.82, 2.24) is 4.31 Å². The molecule has 0 radical (unpaired) electrons. The highest BCUT2D eigenvalue weighted by molar-refractivity contribution is 9.10. The number of hydrogen-bond acceptors (Lipinski definition) is 5. The Hall–Kier alpha value is -0.670. The van der Waals surface area contributed by atoms with E-state index in [1.165, 1.54) is 28.8 Å². The molecule has 2 heterocycles. The van der Waals surface area contributed by atoms with E-state index in [0.717, 1.165) is 9.35 Å². The van der Waals surface area contributed by atoms with Crippen LogP contribution in [0, 0.1) is 6.92 Å². The highest BCUT2D eigenvalue weighted by Crippen LogP contribution is 2.26. The van der Waals surface area contributed by atoms with E-state index in [-0.39, 0.29) is 29.6 Å². The first-order valence-electron chi connectivity index (χ1n) is 5.74. The molecule has 0 amide bonds. The van der Waals surface area contributed by atoms with Crippen molar-refractivity contribution < 1.29 is 17.9 Å². The first-order valence-corrected chi connectivity index (χ1v) is 8.85. The van der Waals surface area contributed by atoms with Crippen LogP contribution in [0.4, 0.5) is 0 Å². The van der Waals surface area contributed by atoms with Gasteiger partial charge in [-0.15, -0.1) is 11.3 Å². The fraction of sp³-hybridized carbons (Fsp3) is 0.333. The molecule has 5 nitrogen and oxygen atoms in total. The van der Waals surface area contributed by atoms with Crippen molar-refractivity contribution in [1.29, 1.82) is 0 Å². The molecule has 0 atom stereocenters. The number of furan rings is 1. The van der Waals surface area contributed by atoms with E-state index in [0.29, 0.717) is 0 Å². The largest absolute Gasteiger partial charge is 0.462 e. The van der Waals surface area contributed by atoms with Crippen LogP contribution in [0.5, 0.6) is 0 Å². The summed E-state index contributed by atoms with van der Waals surface area (Å²) in [6.45, 7) is 1.54. The molecule has 0 spiro atoms. The SMILES string of the molecule is Cc1oc(CO)cc1S(=O)(=O)N(C)Cc1cc(Br)cs1. The summed E-state index contributed by atoms with van der Waals surface area (Å²) in [5, 5.41) is 10.9. The summed E-state index contributed by atoms with van der Waals surface area (Å²) in [5.41, 5.74) is 0. The summed E-state index contributed by atoms with van der Waals surface area (Å²) >= 11 is 4.83. The summed E-state index contributed by atoms with van der Waals surface area (Å²) in [4.78, 5) is 1.03. The third-order valence-electron chi connectivity index (χ3n) is 2.77. The van der Waals surface area contributed by atoms with Gasteiger partial charge in [0.05, 0.1) is 0 Å². The summed E-state index contributed by atoms with van der Waals surface area (Å²) < 4.78 is 32.3. The highest BCUT2D eigenvalue weighted by Gasteiger charge is 2.26. The zero-order valence-corrected chi connectivity index (χ0v) is 14.2. The Morgan fingerprint density at radius 1 is 1.45 bits per heavy atom. The van der Waals surface area contributed by atoms with Gasteiger partial charge in [-0.2, -0.15) is 4.31 Å². The fourth-order valence-electron chi connectivity index (χ4n) is 1.77. The number of aliphatic hydroxyl groups is 1. The Bertz CT molecular complexity index is 705. The first-order chi connectivity index (χ1) is 9.34. The lowest BCUT2D eigenvalue weighted by molar-refractivity contribution is 0.244. The van der Waals surface area contributed by atoms with Crippen molar-refractivity contribution in [3.63, 3.8) is 0 Å². The zero-order valence-electron chi connectivity index (χ0n) is 11.0. The lowest BCUT2D eigenvalue weighted by atomic mass is 10.4. The van der Waals surface area contributed by atoms with Crippen LogP contribution in [0.2, 0.25) is 0 Å². The molecule has 0 saturated heterocycles. The van der Waals surface area contributed by atoms with Crippen molar-refractivity contribution in [2.24, 2.45) is 0 Å². The van der Waals surface area contributed by atoms with Gasteiger partial charge >= 0.3 is 0 Å². The number of thiophene rings is 1. The van der Waals surface area contributed by atoms with Gasteiger partial charge in [-0.05, 0) is 28.9 Å². The summed E-state index contributed by atoms with van der Waals surface area (Å²) in [6.07, 6.45) is 0. The van der Waals surface area contributed by atoms with E-state index in [9.17, 15) is 8.42 Å². The molecule has 2 aromatic heterocycles. The van der Waals surface area contributed by atoms with Gasteiger partial charge in [0.25, 0.3) is 0 Å².